The first kappa shape index (κ1) is 19.5. The van der Waals surface area contributed by atoms with Crippen molar-refractivity contribution in [3.05, 3.63) is 25.1 Å². The van der Waals surface area contributed by atoms with Crippen molar-refractivity contribution in [3.63, 3.8) is 0 Å². The smallest absolute Gasteiger partial charge is 0.400 e. The number of hydrogen-bond acceptors (Lipinski definition) is 4. The van der Waals surface area contributed by atoms with Crippen molar-refractivity contribution in [2.75, 3.05) is 0 Å². The third kappa shape index (κ3) is 3.85. The van der Waals surface area contributed by atoms with Crippen molar-refractivity contribution in [1.82, 2.24) is 0 Å². The van der Waals surface area contributed by atoms with E-state index in [1.54, 1.807) is 12.0 Å². The predicted octanol–water partition coefficient (Wildman–Crippen LogP) is 3.61. The SMILES string of the molecule is C=CB1OC(C)(C)C(C)(C)O1.C=CB1OC(C)(C)C(C)(C)O1. The molecule has 22 heavy (non-hydrogen) atoms. The lowest BCUT2D eigenvalue weighted by atomic mass is 9.90. The average Bonchev–Trinajstić information content (AvgIpc) is 2.69. The Bertz CT molecular complexity index is 358. The Morgan fingerprint density at radius 2 is 0.727 bits per heavy atom. The van der Waals surface area contributed by atoms with Crippen molar-refractivity contribution >= 4 is 14.2 Å². The molecule has 2 saturated heterocycles. The van der Waals surface area contributed by atoms with Crippen LogP contribution in [0, 0.1) is 0 Å². The van der Waals surface area contributed by atoms with Crippen molar-refractivity contribution in [1.29, 1.82) is 0 Å². The molecule has 0 unspecified atom stereocenters. The maximum atomic E-state index is 5.57. The average molecular weight is 308 g/mol. The van der Waals surface area contributed by atoms with Crippen LogP contribution < -0.4 is 0 Å². The van der Waals surface area contributed by atoms with Crippen LogP contribution in [0.15, 0.2) is 25.1 Å². The minimum absolute atomic E-state index is 0.230. The Balaban J connectivity index is 0.000000220. The second kappa shape index (κ2) is 6.16. The standard InChI is InChI=1S/2C8H15BO2/c2*1-6-9-10-7(2,3)8(4,5)11-9/h2*6H,1H2,2-5H3. The lowest BCUT2D eigenvalue weighted by Crippen LogP contribution is -2.41. The molecule has 0 amide bonds. The minimum Gasteiger partial charge on any atom is -0.400 e. The molecule has 0 atom stereocenters. The second-order valence-electron chi connectivity index (χ2n) is 7.72. The van der Waals surface area contributed by atoms with Gasteiger partial charge in [0.05, 0.1) is 22.4 Å². The summed E-state index contributed by atoms with van der Waals surface area (Å²) in [4.78, 5) is 0. The molecule has 4 nitrogen and oxygen atoms in total. The Hall–Kier alpha value is -0.550. The van der Waals surface area contributed by atoms with Crippen LogP contribution in [-0.2, 0) is 18.6 Å². The van der Waals surface area contributed by atoms with Crippen molar-refractivity contribution in [2.45, 2.75) is 77.8 Å². The van der Waals surface area contributed by atoms with Gasteiger partial charge in [-0.25, -0.2) is 0 Å². The molecule has 0 spiro atoms. The zero-order chi connectivity index (χ0) is 17.4. The van der Waals surface area contributed by atoms with E-state index in [1.807, 2.05) is 55.4 Å². The molecule has 2 fully saturated rings. The highest BCUT2D eigenvalue weighted by Crippen LogP contribution is 2.37. The molecule has 2 heterocycles. The van der Waals surface area contributed by atoms with Crippen LogP contribution in [0.5, 0.6) is 0 Å². The molecule has 0 radical (unpaired) electrons. The first-order valence-corrected chi connectivity index (χ1v) is 7.74. The van der Waals surface area contributed by atoms with Gasteiger partial charge < -0.3 is 18.6 Å². The van der Waals surface area contributed by atoms with Crippen molar-refractivity contribution in [2.24, 2.45) is 0 Å². The summed E-state index contributed by atoms with van der Waals surface area (Å²) >= 11 is 0. The van der Waals surface area contributed by atoms with Crippen molar-refractivity contribution < 1.29 is 18.6 Å². The first-order valence-electron chi connectivity index (χ1n) is 7.74. The maximum Gasteiger partial charge on any atom is 0.486 e. The lowest BCUT2D eigenvalue weighted by Gasteiger charge is -2.32. The van der Waals surface area contributed by atoms with Crippen LogP contribution >= 0.6 is 0 Å². The zero-order valence-corrected chi connectivity index (χ0v) is 15.4. The van der Waals surface area contributed by atoms with Gasteiger partial charge in [-0.15, -0.1) is 13.2 Å². The first-order chi connectivity index (χ1) is 9.78. The van der Waals surface area contributed by atoms with E-state index in [9.17, 15) is 0 Å². The van der Waals surface area contributed by atoms with Gasteiger partial charge in [0, 0.05) is 0 Å². The van der Waals surface area contributed by atoms with Crippen LogP contribution in [0.3, 0.4) is 0 Å². The molecule has 2 aliphatic rings. The zero-order valence-electron chi connectivity index (χ0n) is 15.4. The Labute approximate surface area is 136 Å². The fraction of sp³-hybridized carbons (Fsp3) is 0.750. The van der Waals surface area contributed by atoms with E-state index in [4.69, 9.17) is 18.6 Å². The van der Waals surface area contributed by atoms with Gasteiger partial charge >= 0.3 is 14.2 Å². The Kier molecular flexibility index (Phi) is 5.46. The van der Waals surface area contributed by atoms with Gasteiger partial charge in [0.2, 0.25) is 0 Å². The van der Waals surface area contributed by atoms with E-state index in [-0.39, 0.29) is 36.6 Å². The van der Waals surface area contributed by atoms with Crippen LogP contribution in [0.2, 0.25) is 0 Å². The van der Waals surface area contributed by atoms with Crippen LogP contribution in [0.1, 0.15) is 55.4 Å². The third-order valence-corrected chi connectivity index (χ3v) is 4.93. The van der Waals surface area contributed by atoms with Gasteiger partial charge in [-0.3, -0.25) is 0 Å². The topological polar surface area (TPSA) is 36.9 Å². The molecule has 0 aromatic rings. The second-order valence-corrected chi connectivity index (χ2v) is 7.72. The molecule has 0 saturated carbocycles. The molecular formula is C16H30B2O4. The van der Waals surface area contributed by atoms with Crippen LogP contribution in [0.4, 0.5) is 0 Å². The van der Waals surface area contributed by atoms with Gasteiger partial charge in [0.15, 0.2) is 0 Å². The quantitative estimate of drug-likeness (QED) is 0.730. The number of hydrogen-bond donors (Lipinski definition) is 0. The Morgan fingerprint density at radius 1 is 0.545 bits per heavy atom. The maximum absolute atomic E-state index is 5.57. The van der Waals surface area contributed by atoms with Gasteiger partial charge in [-0.05, 0) is 55.4 Å². The highest BCUT2D eigenvalue weighted by Gasteiger charge is 2.50. The molecule has 0 N–H and O–H groups in total. The fourth-order valence-corrected chi connectivity index (χ4v) is 1.97. The summed E-state index contributed by atoms with van der Waals surface area (Å²) < 4.78 is 22.3. The molecule has 0 aromatic carbocycles. The van der Waals surface area contributed by atoms with Gasteiger partial charge in [-0.1, -0.05) is 12.0 Å². The van der Waals surface area contributed by atoms with Crippen LogP contribution in [0.25, 0.3) is 0 Å². The summed E-state index contributed by atoms with van der Waals surface area (Å²) in [5.74, 6) is 3.35. The highest BCUT2D eigenvalue weighted by atomic mass is 16.7. The van der Waals surface area contributed by atoms with Gasteiger partial charge in [0.25, 0.3) is 0 Å². The van der Waals surface area contributed by atoms with E-state index in [0.717, 1.165) is 0 Å². The lowest BCUT2D eigenvalue weighted by molar-refractivity contribution is 0.00578. The molecule has 2 rings (SSSR count). The minimum atomic E-state index is -0.250. The molecule has 6 heteroatoms. The summed E-state index contributed by atoms with van der Waals surface area (Å²) in [5, 5.41) is 0. The summed E-state index contributed by atoms with van der Waals surface area (Å²) in [6.45, 7) is 23.4. The highest BCUT2D eigenvalue weighted by molar-refractivity contribution is 6.51. The van der Waals surface area contributed by atoms with Crippen molar-refractivity contribution in [3.8, 4) is 0 Å². The summed E-state index contributed by atoms with van der Waals surface area (Å²) in [6.07, 6.45) is 0. The van der Waals surface area contributed by atoms with E-state index in [2.05, 4.69) is 13.2 Å². The molecule has 0 aromatic heterocycles. The van der Waals surface area contributed by atoms with E-state index >= 15 is 0 Å². The summed E-state index contributed by atoms with van der Waals surface area (Å²) in [5.41, 5.74) is -0.921. The summed E-state index contributed by atoms with van der Waals surface area (Å²) in [7, 11) is -0.500. The molecule has 0 aliphatic carbocycles. The number of rotatable bonds is 2. The van der Waals surface area contributed by atoms with Crippen LogP contribution in [-0.4, -0.2) is 36.6 Å². The van der Waals surface area contributed by atoms with Gasteiger partial charge in [-0.2, -0.15) is 0 Å². The normalized spacial score (nSPS) is 27.1. The molecule has 2 aliphatic heterocycles. The van der Waals surface area contributed by atoms with E-state index < -0.39 is 0 Å². The summed E-state index contributed by atoms with van der Waals surface area (Å²) in [6, 6.07) is 0. The Morgan fingerprint density at radius 3 is 0.818 bits per heavy atom. The van der Waals surface area contributed by atoms with E-state index in [1.165, 1.54) is 0 Å². The van der Waals surface area contributed by atoms with E-state index in [0.29, 0.717) is 0 Å². The molecule has 0 bridgehead atoms. The molecular weight excluding hydrogens is 278 g/mol. The fourth-order valence-electron chi connectivity index (χ4n) is 1.97. The molecule has 124 valence electrons. The monoisotopic (exact) mass is 308 g/mol. The van der Waals surface area contributed by atoms with Gasteiger partial charge in [0.1, 0.15) is 0 Å². The largest absolute Gasteiger partial charge is 0.486 e. The third-order valence-electron chi connectivity index (χ3n) is 4.93. The predicted molar refractivity (Wildman–Crippen MR) is 92.6 cm³/mol.